The van der Waals surface area contributed by atoms with E-state index in [-0.39, 0.29) is 5.91 Å². The number of carbonyl (C=O) groups is 1. The zero-order chi connectivity index (χ0) is 21.8. The first kappa shape index (κ1) is 20.5. The standard InChI is InChI=1S/C26H25N3O2S/c30-25(23-14-9-17-32-23)29(18-20-10-3-1-4-11-20)19-22-24(21-12-5-2-6-13-21)27-31-26(22)28-15-7-8-16-28/h1-6,9-14,17H,7-8,15-16,18-19H2. The molecule has 5 rings (SSSR count). The number of amides is 1. The van der Waals surface area contributed by atoms with Crippen LogP contribution in [0.4, 0.5) is 5.88 Å². The number of thiophene rings is 1. The lowest BCUT2D eigenvalue weighted by molar-refractivity contribution is 0.0735. The van der Waals surface area contributed by atoms with E-state index in [9.17, 15) is 4.79 Å². The number of rotatable bonds is 7. The Labute approximate surface area is 191 Å². The molecule has 1 saturated heterocycles. The van der Waals surface area contributed by atoms with Crippen molar-refractivity contribution in [1.29, 1.82) is 0 Å². The smallest absolute Gasteiger partial charge is 0.264 e. The van der Waals surface area contributed by atoms with Crippen LogP contribution < -0.4 is 4.90 Å². The maximum absolute atomic E-state index is 13.5. The van der Waals surface area contributed by atoms with Gasteiger partial charge in [-0.3, -0.25) is 4.79 Å². The summed E-state index contributed by atoms with van der Waals surface area (Å²) in [6, 6.07) is 24.0. The molecule has 3 heterocycles. The molecule has 0 N–H and O–H groups in total. The molecule has 32 heavy (non-hydrogen) atoms. The van der Waals surface area contributed by atoms with E-state index >= 15 is 0 Å². The molecule has 162 valence electrons. The van der Waals surface area contributed by atoms with E-state index in [0.29, 0.717) is 13.1 Å². The van der Waals surface area contributed by atoms with Crippen LogP contribution in [0.2, 0.25) is 0 Å². The minimum Gasteiger partial charge on any atom is -0.340 e. The quantitative estimate of drug-likeness (QED) is 0.360. The van der Waals surface area contributed by atoms with Crippen molar-refractivity contribution in [3.63, 3.8) is 0 Å². The summed E-state index contributed by atoms with van der Waals surface area (Å²) in [5.74, 6) is 0.815. The highest BCUT2D eigenvalue weighted by Gasteiger charge is 2.28. The molecule has 1 amide bonds. The summed E-state index contributed by atoms with van der Waals surface area (Å²) in [4.78, 5) is 18.4. The van der Waals surface area contributed by atoms with Crippen LogP contribution in [0.25, 0.3) is 11.3 Å². The van der Waals surface area contributed by atoms with Crippen LogP contribution in [0.5, 0.6) is 0 Å². The van der Waals surface area contributed by atoms with Crippen LogP contribution in [0.1, 0.15) is 33.6 Å². The molecule has 0 saturated carbocycles. The van der Waals surface area contributed by atoms with Gasteiger partial charge in [-0.15, -0.1) is 11.3 Å². The first-order valence-corrected chi connectivity index (χ1v) is 11.8. The fraction of sp³-hybridized carbons (Fsp3) is 0.231. The molecule has 0 aliphatic carbocycles. The third kappa shape index (κ3) is 4.32. The van der Waals surface area contributed by atoms with E-state index in [2.05, 4.69) is 22.2 Å². The maximum Gasteiger partial charge on any atom is 0.264 e. The Morgan fingerprint density at radius 2 is 1.66 bits per heavy atom. The van der Waals surface area contributed by atoms with Crippen molar-refractivity contribution in [2.75, 3.05) is 18.0 Å². The molecule has 2 aromatic carbocycles. The van der Waals surface area contributed by atoms with Gasteiger partial charge < -0.3 is 14.3 Å². The molecule has 1 aliphatic rings. The van der Waals surface area contributed by atoms with Crippen molar-refractivity contribution in [3.05, 3.63) is 94.2 Å². The number of aromatic nitrogens is 1. The molecular weight excluding hydrogens is 418 g/mol. The van der Waals surface area contributed by atoms with Gasteiger partial charge in [0.15, 0.2) is 0 Å². The molecule has 2 aromatic heterocycles. The highest BCUT2D eigenvalue weighted by molar-refractivity contribution is 7.12. The van der Waals surface area contributed by atoms with Crippen molar-refractivity contribution in [2.24, 2.45) is 0 Å². The first-order valence-electron chi connectivity index (χ1n) is 11.0. The molecule has 1 fully saturated rings. The van der Waals surface area contributed by atoms with E-state index in [4.69, 9.17) is 4.52 Å². The van der Waals surface area contributed by atoms with Gasteiger partial charge in [-0.1, -0.05) is 71.9 Å². The van der Waals surface area contributed by atoms with Crippen LogP contribution in [-0.4, -0.2) is 29.1 Å². The molecule has 0 atom stereocenters. The van der Waals surface area contributed by atoms with Crippen LogP contribution in [0.3, 0.4) is 0 Å². The lowest BCUT2D eigenvalue weighted by Crippen LogP contribution is -2.30. The molecule has 4 aromatic rings. The maximum atomic E-state index is 13.5. The lowest BCUT2D eigenvalue weighted by Gasteiger charge is -2.24. The van der Waals surface area contributed by atoms with E-state index in [1.54, 1.807) is 0 Å². The van der Waals surface area contributed by atoms with E-state index < -0.39 is 0 Å². The zero-order valence-corrected chi connectivity index (χ0v) is 18.6. The van der Waals surface area contributed by atoms with Crippen molar-refractivity contribution >= 4 is 23.1 Å². The number of benzene rings is 2. The summed E-state index contributed by atoms with van der Waals surface area (Å²) < 4.78 is 5.90. The number of carbonyl (C=O) groups excluding carboxylic acids is 1. The third-order valence-corrected chi connectivity index (χ3v) is 6.65. The van der Waals surface area contributed by atoms with Crippen molar-refractivity contribution in [2.45, 2.75) is 25.9 Å². The average molecular weight is 444 g/mol. The Balaban J connectivity index is 1.54. The minimum atomic E-state index is 0.0245. The Morgan fingerprint density at radius 1 is 0.938 bits per heavy atom. The van der Waals surface area contributed by atoms with Crippen molar-refractivity contribution in [3.8, 4) is 11.3 Å². The predicted octanol–water partition coefficient (Wildman–Crippen LogP) is 5.85. The molecule has 5 nitrogen and oxygen atoms in total. The Morgan fingerprint density at radius 3 is 2.34 bits per heavy atom. The largest absolute Gasteiger partial charge is 0.340 e. The summed E-state index contributed by atoms with van der Waals surface area (Å²) >= 11 is 1.47. The van der Waals surface area contributed by atoms with Gasteiger partial charge >= 0.3 is 0 Å². The van der Waals surface area contributed by atoms with E-state index in [1.807, 2.05) is 70.9 Å². The molecule has 0 radical (unpaired) electrons. The Bertz CT molecular complexity index is 1150. The number of hydrogen-bond acceptors (Lipinski definition) is 5. The minimum absolute atomic E-state index is 0.0245. The summed E-state index contributed by atoms with van der Waals surface area (Å²) in [5, 5.41) is 6.40. The normalized spacial score (nSPS) is 13.4. The van der Waals surface area contributed by atoms with Crippen LogP contribution in [0, 0.1) is 0 Å². The second-order valence-corrected chi connectivity index (χ2v) is 8.95. The lowest BCUT2D eigenvalue weighted by atomic mass is 10.1. The highest BCUT2D eigenvalue weighted by atomic mass is 32.1. The predicted molar refractivity (Wildman–Crippen MR) is 128 cm³/mol. The van der Waals surface area contributed by atoms with Crippen LogP contribution in [-0.2, 0) is 13.1 Å². The van der Waals surface area contributed by atoms with Gasteiger partial charge in [0.05, 0.1) is 17.0 Å². The van der Waals surface area contributed by atoms with Gasteiger partial charge in [0.1, 0.15) is 5.69 Å². The fourth-order valence-electron chi connectivity index (χ4n) is 4.18. The van der Waals surface area contributed by atoms with Gasteiger partial charge in [0, 0.05) is 25.2 Å². The monoisotopic (exact) mass is 443 g/mol. The summed E-state index contributed by atoms with van der Waals surface area (Å²) in [5.41, 5.74) is 3.88. The zero-order valence-electron chi connectivity index (χ0n) is 17.8. The van der Waals surface area contributed by atoms with Crippen molar-refractivity contribution < 1.29 is 9.32 Å². The van der Waals surface area contributed by atoms with E-state index in [0.717, 1.165) is 59.1 Å². The molecule has 0 bridgehead atoms. The molecular formula is C26H25N3O2S. The van der Waals surface area contributed by atoms with E-state index in [1.165, 1.54) is 11.3 Å². The second-order valence-electron chi connectivity index (χ2n) is 8.00. The first-order chi connectivity index (χ1) is 15.8. The topological polar surface area (TPSA) is 49.6 Å². The fourth-order valence-corrected chi connectivity index (χ4v) is 4.88. The van der Waals surface area contributed by atoms with Crippen LogP contribution in [0.15, 0.2) is 82.7 Å². The van der Waals surface area contributed by atoms with Crippen LogP contribution >= 0.6 is 11.3 Å². The van der Waals surface area contributed by atoms with Gasteiger partial charge in [-0.2, -0.15) is 0 Å². The van der Waals surface area contributed by atoms with Gasteiger partial charge in [-0.25, -0.2) is 0 Å². The van der Waals surface area contributed by atoms with Gasteiger partial charge in [0.25, 0.3) is 5.91 Å². The van der Waals surface area contributed by atoms with Gasteiger partial charge in [-0.05, 0) is 29.9 Å². The Hall–Kier alpha value is -3.38. The SMILES string of the molecule is O=C(c1cccs1)N(Cc1ccccc1)Cc1c(-c2ccccc2)noc1N1CCCC1. The highest BCUT2D eigenvalue weighted by Crippen LogP contribution is 2.34. The second kappa shape index (κ2) is 9.40. The average Bonchev–Trinajstić information content (AvgIpc) is 3.61. The van der Waals surface area contributed by atoms with Crippen molar-refractivity contribution in [1.82, 2.24) is 10.1 Å². The number of anilines is 1. The third-order valence-electron chi connectivity index (χ3n) is 5.79. The number of hydrogen-bond donors (Lipinski definition) is 0. The summed E-state index contributed by atoms with van der Waals surface area (Å²) in [7, 11) is 0. The summed E-state index contributed by atoms with van der Waals surface area (Å²) in [6.45, 7) is 2.86. The Kier molecular flexibility index (Phi) is 6.03. The van der Waals surface area contributed by atoms with Gasteiger partial charge in [0.2, 0.25) is 5.88 Å². The molecule has 0 unspecified atom stereocenters. The molecule has 1 aliphatic heterocycles. The molecule has 6 heteroatoms. The number of nitrogens with zero attached hydrogens (tertiary/aromatic N) is 3. The molecule has 0 spiro atoms. The summed E-state index contributed by atoms with van der Waals surface area (Å²) in [6.07, 6.45) is 2.28.